The van der Waals surface area contributed by atoms with Gasteiger partial charge in [0.1, 0.15) is 17.2 Å². The van der Waals surface area contributed by atoms with Crippen molar-refractivity contribution in [1.29, 1.82) is 0 Å². The molecule has 32 heavy (non-hydrogen) atoms. The molecular formula is C25H22N2O5. The van der Waals surface area contributed by atoms with Crippen LogP contribution < -0.4 is 19.8 Å². The zero-order valence-corrected chi connectivity index (χ0v) is 17.9. The number of rotatable bonds is 6. The smallest absolute Gasteiger partial charge is 0.265 e. The Kier molecular flexibility index (Phi) is 5.81. The van der Waals surface area contributed by atoms with Crippen molar-refractivity contribution < 1.29 is 19.3 Å². The van der Waals surface area contributed by atoms with Crippen LogP contribution in [0.5, 0.6) is 23.1 Å². The van der Waals surface area contributed by atoms with Gasteiger partial charge in [-0.2, -0.15) is 0 Å². The Labute approximate surface area is 184 Å². The van der Waals surface area contributed by atoms with Crippen LogP contribution in [0, 0.1) is 0 Å². The number of benzene rings is 3. The van der Waals surface area contributed by atoms with E-state index in [-0.39, 0.29) is 11.4 Å². The van der Waals surface area contributed by atoms with E-state index in [9.17, 15) is 9.90 Å². The van der Waals surface area contributed by atoms with E-state index < -0.39 is 0 Å². The van der Waals surface area contributed by atoms with Gasteiger partial charge in [0.2, 0.25) is 5.88 Å². The van der Waals surface area contributed by atoms with Crippen LogP contribution in [0.4, 0.5) is 5.69 Å². The Morgan fingerprint density at radius 1 is 0.844 bits per heavy atom. The molecule has 0 saturated carbocycles. The summed E-state index contributed by atoms with van der Waals surface area (Å²) in [4.78, 5) is 17.9. The number of nitrogens with zero attached hydrogens (tertiary/aromatic N) is 2. The highest BCUT2D eigenvalue weighted by Gasteiger charge is 2.19. The molecular weight excluding hydrogens is 408 g/mol. The molecule has 0 amide bonds. The van der Waals surface area contributed by atoms with Crippen molar-refractivity contribution in [3.05, 3.63) is 82.6 Å². The van der Waals surface area contributed by atoms with Crippen LogP contribution in [-0.4, -0.2) is 37.2 Å². The molecule has 0 atom stereocenters. The summed E-state index contributed by atoms with van der Waals surface area (Å²) in [6, 6.07) is 19.3. The summed E-state index contributed by atoms with van der Waals surface area (Å²) < 4.78 is 17.2. The molecule has 4 rings (SSSR count). The number of pyridine rings is 1. The monoisotopic (exact) mass is 430 g/mol. The Hall–Kier alpha value is -4.26. The molecule has 7 nitrogen and oxygen atoms in total. The Balaban J connectivity index is 1.99. The number of aromatic nitrogens is 1. The summed E-state index contributed by atoms with van der Waals surface area (Å²) in [5.74, 6) is 1.34. The fraction of sp³-hybridized carbons (Fsp3) is 0.120. The van der Waals surface area contributed by atoms with Crippen LogP contribution in [-0.2, 0) is 0 Å². The Bertz CT molecular complexity index is 1370. The molecule has 0 aliphatic carbocycles. The van der Waals surface area contributed by atoms with Crippen molar-refractivity contribution in [1.82, 2.24) is 4.57 Å². The van der Waals surface area contributed by atoms with Gasteiger partial charge in [-0.15, -0.1) is 0 Å². The lowest BCUT2D eigenvalue weighted by molar-refractivity contribution is 0.395. The highest BCUT2D eigenvalue weighted by atomic mass is 16.5. The second-order valence-corrected chi connectivity index (χ2v) is 6.92. The van der Waals surface area contributed by atoms with Crippen molar-refractivity contribution in [2.24, 2.45) is 4.99 Å². The quantitative estimate of drug-likeness (QED) is 0.456. The van der Waals surface area contributed by atoms with E-state index in [1.807, 2.05) is 18.2 Å². The Morgan fingerprint density at radius 2 is 1.56 bits per heavy atom. The van der Waals surface area contributed by atoms with Gasteiger partial charge >= 0.3 is 0 Å². The molecule has 0 bridgehead atoms. The van der Waals surface area contributed by atoms with Crippen molar-refractivity contribution >= 4 is 22.7 Å². The first kappa shape index (κ1) is 21.0. The Morgan fingerprint density at radius 3 is 2.28 bits per heavy atom. The third-order valence-electron chi connectivity index (χ3n) is 5.13. The molecule has 0 unspecified atom stereocenters. The van der Waals surface area contributed by atoms with Gasteiger partial charge in [-0.3, -0.25) is 9.79 Å². The van der Waals surface area contributed by atoms with Crippen LogP contribution >= 0.6 is 0 Å². The molecule has 3 aromatic carbocycles. The van der Waals surface area contributed by atoms with Gasteiger partial charge in [0.25, 0.3) is 5.56 Å². The van der Waals surface area contributed by atoms with Crippen LogP contribution in [0.15, 0.2) is 76.5 Å². The average molecular weight is 430 g/mol. The fourth-order valence-electron chi connectivity index (χ4n) is 3.51. The minimum absolute atomic E-state index is 0.258. The van der Waals surface area contributed by atoms with Gasteiger partial charge in [0.15, 0.2) is 0 Å². The summed E-state index contributed by atoms with van der Waals surface area (Å²) in [6.07, 6.45) is 1.54. The summed E-state index contributed by atoms with van der Waals surface area (Å²) in [5.41, 5.74) is 1.01. The number of methoxy groups -OCH3 is 3. The maximum absolute atomic E-state index is 13.4. The number of hydrogen-bond acceptors (Lipinski definition) is 6. The SMILES string of the molecule is COc1cccc(N=Cc2c(O)n(-c3cc(OC)ccc3OC)c(=O)c3ccccc23)c1. The summed E-state index contributed by atoms with van der Waals surface area (Å²) in [7, 11) is 4.61. The van der Waals surface area contributed by atoms with Gasteiger partial charge in [0, 0.05) is 29.1 Å². The minimum Gasteiger partial charge on any atom is -0.497 e. The highest BCUT2D eigenvalue weighted by Crippen LogP contribution is 2.33. The second kappa shape index (κ2) is 8.85. The summed E-state index contributed by atoms with van der Waals surface area (Å²) in [5, 5.41) is 12.2. The zero-order valence-electron chi connectivity index (χ0n) is 17.9. The molecule has 7 heteroatoms. The van der Waals surface area contributed by atoms with Crippen LogP contribution in [0.25, 0.3) is 16.5 Å². The van der Waals surface area contributed by atoms with Crippen molar-refractivity contribution in [3.63, 3.8) is 0 Å². The van der Waals surface area contributed by atoms with Crippen LogP contribution in [0.2, 0.25) is 0 Å². The third-order valence-corrected chi connectivity index (χ3v) is 5.13. The number of ether oxygens (including phenoxy) is 3. The van der Waals surface area contributed by atoms with E-state index >= 15 is 0 Å². The first-order chi connectivity index (χ1) is 15.6. The predicted octanol–water partition coefficient (Wildman–Crippen LogP) is 4.47. The molecule has 1 aromatic heterocycles. The lowest BCUT2D eigenvalue weighted by Crippen LogP contribution is -2.20. The van der Waals surface area contributed by atoms with Gasteiger partial charge in [-0.25, -0.2) is 4.57 Å². The zero-order chi connectivity index (χ0) is 22.7. The van der Waals surface area contributed by atoms with E-state index in [0.717, 1.165) is 0 Å². The average Bonchev–Trinajstić information content (AvgIpc) is 2.84. The lowest BCUT2D eigenvalue weighted by Gasteiger charge is -2.17. The first-order valence-corrected chi connectivity index (χ1v) is 9.84. The topological polar surface area (TPSA) is 82.3 Å². The lowest BCUT2D eigenvalue weighted by atomic mass is 10.1. The van der Waals surface area contributed by atoms with E-state index in [4.69, 9.17) is 14.2 Å². The van der Waals surface area contributed by atoms with Crippen molar-refractivity contribution in [3.8, 4) is 28.8 Å². The van der Waals surface area contributed by atoms with Gasteiger partial charge in [-0.05, 0) is 30.3 Å². The maximum atomic E-state index is 13.4. The molecule has 0 fully saturated rings. The minimum atomic E-state index is -0.386. The molecule has 4 aromatic rings. The van der Waals surface area contributed by atoms with Crippen LogP contribution in [0.3, 0.4) is 0 Å². The third kappa shape index (κ3) is 3.76. The molecule has 0 radical (unpaired) electrons. The first-order valence-electron chi connectivity index (χ1n) is 9.84. The number of aromatic hydroxyl groups is 1. The number of aliphatic imine (C=N–C) groups is 1. The van der Waals surface area contributed by atoms with Crippen molar-refractivity contribution in [2.75, 3.05) is 21.3 Å². The fourth-order valence-corrected chi connectivity index (χ4v) is 3.51. The van der Waals surface area contributed by atoms with E-state index in [1.165, 1.54) is 25.0 Å². The maximum Gasteiger partial charge on any atom is 0.265 e. The highest BCUT2D eigenvalue weighted by molar-refractivity contribution is 6.02. The molecule has 1 N–H and O–H groups in total. The number of hydrogen-bond donors (Lipinski definition) is 1. The van der Waals surface area contributed by atoms with Gasteiger partial charge < -0.3 is 19.3 Å². The van der Waals surface area contributed by atoms with Gasteiger partial charge in [-0.1, -0.05) is 24.3 Å². The second-order valence-electron chi connectivity index (χ2n) is 6.92. The van der Waals surface area contributed by atoms with Gasteiger partial charge in [0.05, 0.1) is 38.3 Å². The molecule has 0 aliphatic rings. The normalized spacial score (nSPS) is 11.1. The van der Waals surface area contributed by atoms with E-state index in [0.29, 0.717) is 45.0 Å². The largest absolute Gasteiger partial charge is 0.497 e. The van der Waals surface area contributed by atoms with Crippen LogP contribution in [0.1, 0.15) is 5.56 Å². The molecule has 162 valence electrons. The standard InChI is InChI=1S/C25H22N2O5/c1-30-17-8-6-7-16(13-17)26-15-21-19-9-4-5-10-20(19)24(28)27(25(21)29)22-14-18(31-2)11-12-23(22)32-3/h4-15,29H,1-3H3. The van der Waals surface area contributed by atoms with E-state index in [1.54, 1.807) is 55.6 Å². The molecule has 0 saturated heterocycles. The number of fused-ring (bicyclic) bond motifs is 1. The predicted molar refractivity (Wildman–Crippen MR) is 125 cm³/mol. The van der Waals surface area contributed by atoms with E-state index in [2.05, 4.69) is 4.99 Å². The summed E-state index contributed by atoms with van der Waals surface area (Å²) >= 11 is 0. The molecule has 1 heterocycles. The molecule has 0 aliphatic heterocycles. The van der Waals surface area contributed by atoms with Crippen molar-refractivity contribution in [2.45, 2.75) is 0 Å². The summed E-state index contributed by atoms with van der Waals surface area (Å²) in [6.45, 7) is 0. The molecule has 0 spiro atoms.